The molecule has 0 aliphatic carbocycles. The first-order valence-electron chi connectivity index (χ1n) is 31.9. The Kier molecular flexibility index (Phi) is 41.7. The van der Waals surface area contributed by atoms with Gasteiger partial charge in [-0.15, -0.1) is 0 Å². The van der Waals surface area contributed by atoms with Gasteiger partial charge >= 0.3 is 29.8 Å². The van der Waals surface area contributed by atoms with Crippen LogP contribution in [0.25, 0.3) is 0 Å². The molecule has 0 aliphatic rings. The SMILES string of the molecule is CC[C@H](C)[C@H](NC(=O)[C@H](CCC(=O)O)NC(=O)[C@H](CCC(=O)O)NC(=O)[C@@H](N)CC(=O)O)C(=O)N[C@@H](CCC(=O)O)C(=O)N[C@@H](CCCN=C(N)N)C(=O)N[C@@H](CCC(N)=O)C(=O)N[C@@H](CC(C)C)C(=O)N[C@@H](CCCCN)C(=O)N[C@@H](C)C(=O)N[C@@H](CC(C)C)C(=O)NCC(=O)O. The van der Waals surface area contributed by atoms with Crippen molar-refractivity contribution >= 4 is 107 Å². The summed E-state index contributed by atoms with van der Waals surface area (Å²) in [4.78, 5) is 226. The van der Waals surface area contributed by atoms with Gasteiger partial charge < -0.3 is 113 Å². The average molecular weight is 1400 g/mol. The molecular formula is C59H101N17O22. The van der Waals surface area contributed by atoms with Crippen molar-refractivity contribution in [1.82, 2.24) is 58.5 Å². The van der Waals surface area contributed by atoms with E-state index < -0.39 is 237 Å². The third kappa shape index (κ3) is 37.5. The van der Waals surface area contributed by atoms with Crippen LogP contribution in [0.5, 0.6) is 0 Å². The van der Waals surface area contributed by atoms with E-state index >= 15 is 0 Å². The molecule has 0 saturated heterocycles. The summed E-state index contributed by atoms with van der Waals surface area (Å²) in [7, 11) is 0. The molecule has 0 aromatic rings. The van der Waals surface area contributed by atoms with Gasteiger partial charge in [-0.3, -0.25) is 86.5 Å². The largest absolute Gasteiger partial charge is 0.481 e. The van der Waals surface area contributed by atoms with Crippen LogP contribution in [-0.4, -0.2) is 218 Å². The van der Waals surface area contributed by atoms with E-state index in [1.165, 1.54) is 13.8 Å². The fraction of sp³-hybridized carbons (Fsp3) is 0.695. The quantitative estimate of drug-likeness (QED) is 0.0153. The van der Waals surface area contributed by atoms with Gasteiger partial charge in [-0.1, -0.05) is 48.0 Å². The molecule has 12 atom stereocenters. The number of guanidine groups is 1. The number of carbonyl (C=O) groups excluding carboxylic acids is 12. The predicted molar refractivity (Wildman–Crippen MR) is 346 cm³/mol. The van der Waals surface area contributed by atoms with Gasteiger partial charge in [-0.2, -0.15) is 0 Å². The van der Waals surface area contributed by atoms with Crippen molar-refractivity contribution in [1.29, 1.82) is 0 Å². The zero-order valence-electron chi connectivity index (χ0n) is 56.2. The lowest BCUT2D eigenvalue weighted by Crippen LogP contribution is -2.61. The second-order valence-electron chi connectivity index (χ2n) is 24.2. The molecule has 0 aliphatic heterocycles. The van der Waals surface area contributed by atoms with E-state index in [1.54, 1.807) is 34.6 Å². The van der Waals surface area contributed by atoms with Gasteiger partial charge in [0.1, 0.15) is 67.0 Å². The van der Waals surface area contributed by atoms with Crippen molar-refractivity contribution in [2.24, 2.45) is 51.4 Å². The van der Waals surface area contributed by atoms with Gasteiger partial charge in [0.2, 0.25) is 70.9 Å². The third-order valence-electron chi connectivity index (χ3n) is 14.7. The van der Waals surface area contributed by atoms with Gasteiger partial charge in [0.05, 0.1) is 12.5 Å². The average Bonchev–Trinajstić information content (AvgIpc) is 0.892. The first-order chi connectivity index (χ1) is 45.7. The zero-order valence-corrected chi connectivity index (χ0v) is 56.2. The Morgan fingerprint density at radius 3 is 1.13 bits per heavy atom. The molecule has 0 heterocycles. The number of hydrogen-bond donors (Lipinski definition) is 21. The van der Waals surface area contributed by atoms with Crippen molar-refractivity contribution in [2.45, 2.75) is 224 Å². The lowest BCUT2D eigenvalue weighted by molar-refractivity contribution is -0.141. The highest BCUT2D eigenvalue weighted by Gasteiger charge is 2.38. The van der Waals surface area contributed by atoms with E-state index in [-0.39, 0.29) is 75.8 Å². The molecule has 0 saturated carbocycles. The fourth-order valence-electron chi connectivity index (χ4n) is 9.21. The molecule has 39 heteroatoms. The second kappa shape index (κ2) is 46.4. The van der Waals surface area contributed by atoms with Crippen LogP contribution in [0.3, 0.4) is 0 Å². The first kappa shape index (κ1) is 88.2. The van der Waals surface area contributed by atoms with Gasteiger partial charge in [0.15, 0.2) is 5.96 Å². The number of aliphatic carboxylic acids is 5. The van der Waals surface area contributed by atoms with Crippen molar-refractivity contribution in [2.75, 3.05) is 19.6 Å². The molecule has 26 N–H and O–H groups in total. The Bertz CT molecular complexity index is 2800. The van der Waals surface area contributed by atoms with Crippen LogP contribution in [0.1, 0.15) is 158 Å². The first-order valence-corrected chi connectivity index (χ1v) is 31.9. The summed E-state index contributed by atoms with van der Waals surface area (Å²) in [5.41, 5.74) is 27.8. The standard InChI is InChI=1S/C59H101N17O22/c1-8-30(6)47(76-56(96)38(17-21-44(82)83)72-53(93)36(15-19-42(78)79)68-49(89)32(61)26-45(84)85)58(98)73-37(16-20-43(80)81)54(94)69-34(13-11-23-65-59(63)64)52(92)71-35(14-18-41(62)77)55(95)75-40(25-29(4)5)57(97)70-33(12-9-10-22-60)51(91)67-31(7)48(88)74-39(24-28(2)3)50(90)66-27-46(86)87/h28-40,47H,8-27,60-61H2,1-7H3,(H2,62,77)(H,66,90)(H,67,91)(H,68,89)(H,69,94)(H,70,97)(H,71,92)(H,72,93)(H,73,98)(H,74,88)(H,75,95)(H,76,96)(H,78,79)(H,80,81)(H,82,83)(H,84,85)(H,86,87)(H4,63,64,65)/t30-,31-,32-,33-,34-,35-,36-,37-,38-,39-,40-,47-/m0/s1. The Balaban J connectivity index is 7.29. The molecule has 98 heavy (non-hydrogen) atoms. The Labute approximate surface area is 565 Å². The number of nitrogens with two attached hydrogens (primary N) is 5. The monoisotopic (exact) mass is 1400 g/mol. The van der Waals surface area contributed by atoms with Gasteiger partial charge in [0.25, 0.3) is 0 Å². The van der Waals surface area contributed by atoms with E-state index in [1.807, 2.05) is 0 Å². The van der Waals surface area contributed by atoms with Crippen LogP contribution in [0, 0.1) is 17.8 Å². The summed E-state index contributed by atoms with van der Waals surface area (Å²) in [5.74, 6) is -21.6. The van der Waals surface area contributed by atoms with Crippen LogP contribution in [0.15, 0.2) is 4.99 Å². The number of hydrogen-bond acceptors (Lipinski definition) is 20. The zero-order chi connectivity index (χ0) is 75.1. The number of carboxylic acids is 5. The lowest BCUT2D eigenvalue weighted by Gasteiger charge is -2.30. The van der Waals surface area contributed by atoms with E-state index in [0.29, 0.717) is 6.42 Å². The van der Waals surface area contributed by atoms with Gasteiger partial charge in [-0.05, 0) is 102 Å². The third-order valence-corrected chi connectivity index (χ3v) is 14.7. The summed E-state index contributed by atoms with van der Waals surface area (Å²) in [6.45, 7) is 10.5. The maximum absolute atomic E-state index is 14.5. The van der Waals surface area contributed by atoms with Crippen molar-refractivity contribution in [3.8, 4) is 0 Å². The van der Waals surface area contributed by atoms with E-state index in [4.69, 9.17) is 38.9 Å². The van der Waals surface area contributed by atoms with E-state index in [0.717, 1.165) is 0 Å². The number of rotatable bonds is 51. The summed E-state index contributed by atoms with van der Waals surface area (Å²) >= 11 is 0. The maximum Gasteiger partial charge on any atom is 0.322 e. The second-order valence-corrected chi connectivity index (χ2v) is 24.2. The number of primary amides is 1. The van der Waals surface area contributed by atoms with Crippen LogP contribution in [0.2, 0.25) is 0 Å². The smallest absolute Gasteiger partial charge is 0.322 e. The number of amides is 12. The number of carbonyl (C=O) groups is 17. The Morgan fingerprint density at radius 2 is 0.745 bits per heavy atom. The maximum atomic E-state index is 14.5. The molecule has 0 unspecified atom stereocenters. The van der Waals surface area contributed by atoms with Crippen LogP contribution in [0.4, 0.5) is 0 Å². The minimum Gasteiger partial charge on any atom is -0.481 e. The molecule has 12 amide bonds. The lowest BCUT2D eigenvalue weighted by atomic mass is 9.96. The van der Waals surface area contributed by atoms with Crippen molar-refractivity contribution in [3.63, 3.8) is 0 Å². The Morgan fingerprint density at radius 1 is 0.388 bits per heavy atom. The minimum absolute atomic E-state index is 0.0391. The summed E-state index contributed by atoms with van der Waals surface area (Å²) in [6.07, 6.45) is -6.07. The molecular weight excluding hydrogens is 1300 g/mol. The van der Waals surface area contributed by atoms with Gasteiger partial charge in [0, 0.05) is 32.2 Å². The number of aliphatic imine (C=N–C) groups is 1. The van der Waals surface area contributed by atoms with E-state index in [2.05, 4.69) is 63.5 Å². The number of unbranched alkanes of at least 4 members (excludes halogenated alkanes) is 1. The van der Waals surface area contributed by atoms with Crippen molar-refractivity contribution in [3.05, 3.63) is 0 Å². The van der Waals surface area contributed by atoms with Crippen molar-refractivity contribution < 1.29 is 107 Å². The molecule has 0 bridgehead atoms. The minimum atomic E-state index is -1.86. The molecule has 39 nitrogen and oxygen atoms in total. The van der Waals surface area contributed by atoms with Crippen LogP contribution >= 0.6 is 0 Å². The summed E-state index contributed by atoms with van der Waals surface area (Å²) in [5, 5.41) is 73.1. The number of nitrogens with one attached hydrogen (secondary N) is 11. The predicted octanol–water partition coefficient (Wildman–Crippen LogP) is -5.96. The Hall–Kier alpha value is -9.82. The van der Waals surface area contributed by atoms with Gasteiger partial charge in [-0.25, -0.2) is 0 Å². The molecule has 554 valence electrons. The summed E-state index contributed by atoms with van der Waals surface area (Å²) < 4.78 is 0. The number of carboxylic acid groups (broad SMARTS) is 5. The molecule has 0 aromatic carbocycles. The molecule has 0 radical (unpaired) electrons. The van der Waals surface area contributed by atoms with Crippen LogP contribution < -0.4 is 87.2 Å². The highest BCUT2D eigenvalue weighted by molar-refractivity contribution is 6.00. The molecule has 0 aromatic heterocycles. The summed E-state index contributed by atoms with van der Waals surface area (Å²) in [6, 6.07) is -17.7. The fourth-order valence-corrected chi connectivity index (χ4v) is 9.21. The highest BCUT2D eigenvalue weighted by Crippen LogP contribution is 2.15. The molecule has 0 spiro atoms. The molecule has 0 fully saturated rings. The normalized spacial score (nSPS) is 14.7. The number of nitrogens with zero attached hydrogens (tertiary/aromatic N) is 1. The van der Waals surface area contributed by atoms with Crippen LogP contribution in [-0.2, 0) is 81.5 Å². The molecule has 0 rings (SSSR count). The topological polar surface area (TPSA) is 666 Å². The highest BCUT2D eigenvalue weighted by atomic mass is 16.4. The van der Waals surface area contributed by atoms with E-state index in [9.17, 15) is 96.8 Å².